The van der Waals surface area contributed by atoms with Crippen LogP contribution in [-0.2, 0) is 23.7 Å². The lowest BCUT2D eigenvalue weighted by atomic mass is 10.0. The highest BCUT2D eigenvalue weighted by atomic mass is 35.5. The van der Waals surface area contributed by atoms with E-state index in [9.17, 15) is 0 Å². The molecular weight excluding hydrogens is 260 g/mol. The third kappa shape index (κ3) is 2.07. The van der Waals surface area contributed by atoms with Crippen LogP contribution in [0.4, 0.5) is 0 Å². The predicted molar refractivity (Wildman–Crippen MR) is 63.2 cm³/mol. The molecule has 0 N–H and O–H groups in total. The van der Waals surface area contributed by atoms with E-state index in [1.165, 1.54) is 0 Å². The summed E-state index contributed by atoms with van der Waals surface area (Å²) in [6.45, 7) is 7.48. The Labute approximate surface area is 112 Å². The average Bonchev–Trinajstić information content (AvgIpc) is 2.69. The molecule has 0 radical (unpaired) electrons. The molecule has 0 unspecified atom stereocenters. The van der Waals surface area contributed by atoms with Gasteiger partial charge in [0, 0.05) is 0 Å². The number of hydrogen-bond acceptors (Lipinski definition) is 5. The lowest BCUT2D eigenvalue weighted by Gasteiger charge is -2.43. The molecule has 0 aromatic rings. The van der Waals surface area contributed by atoms with E-state index < -0.39 is 17.9 Å². The maximum atomic E-state index is 5.94. The number of rotatable bonds is 1. The maximum absolute atomic E-state index is 5.94. The second-order valence-corrected chi connectivity index (χ2v) is 6.17. The van der Waals surface area contributed by atoms with Gasteiger partial charge in [0.1, 0.15) is 24.4 Å². The molecule has 0 aromatic heterocycles. The third-order valence-electron chi connectivity index (χ3n) is 3.40. The molecule has 0 amide bonds. The largest absolute Gasteiger partial charge is 0.343 e. The fraction of sp³-hybridized carbons (Fsp3) is 1.00. The summed E-state index contributed by atoms with van der Waals surface area (Å²) < 4.78 is 29.1. The molecule has 0 aromatic carbocycles. The van der Waals surface area contributed by atoms with Gasteiger partial charge in [-0.25, -0.2) is 0 Å². The SMILES string of the molecule is CC1(C)O[C@H]2O[C@H]3[C@H](OC(C)(C)O[C@@H]3CCl)[C@H]2O1. The Morgan fingerprint density at radius 2 is 1.44 bits per heavy atom. The Hall–Kier alpha value is 0.0900. The smallest absolute Gasteiger partial charge is 0.190 e. The van der Waals surface area contributed by atoms with E-state index in [0.717, 1.165) is 0 Å². The number of fused-ring (bicyclic) bond motifs is 3. The molecule has 0 spiro atoms. The van der Waals surface area contributed by atoms with E-state index in [1.54, 1.807) is 0 Å². The van der Waals surface area contributed by atoms with Crippen molar-refractivity contribution in [2.75, 3.05) is 5.88 Å². The van der Waals surface area contributed by atoms with Gasteiger partial charge in [-0.15, -0.1) is 11.6 Å². The van der Waals surface area contributed by atoms with Gasteiger partial charge >= 0.3 is 0 Å². The molecule has 3 fully saturated rings. The first-order chi connectivity index (χ1) is 8.31. The van der Waals surface area contributed by atoms with Crippen LogP contribution in [0.3, 0.4) is 0 Å². The summed E-state index contributed by atoms with van der Waals surface area (Å²) in [6, 6.07) is 0. The lowest BCUT2D eigenvalue weighted by Crippen LogP contribution is -2.56. The zero-order valence-electron chi connectivity index (χ0n) is 11.0. The van der Waals surface area contributed by atoms with E-state index in [4.69, 9.17) is 35.3 Å². The van der Waals surface area contributed by atoms with Gasteiger partial charge in [0.2, 0.25) is 0 Å². The van der Waals surface area contributed by atoms with Crippen molar-refractivity contribution in [2.45, 2.75) is 70.0 Å². The van der Waals surface area contributed by atoms with Crippen LogP contribution in [0.5, 0.6) is 0 Å². The van der Waals surface area contributed by atoms with Gasteiger partial charge < -0.3 is 23.7 Å². The Bertz CT molecular complexity index is 345. The van der Waals surface area contributed by atoms with Crippen LogP contribution in [0, 0.1) is 0 Å². The fourth-order valence-electron chi connectivity index (χ4n) is 2.84. The van der Waals surface area contributed by atoms with Gasteiger partial charge in [-0.3, -0.25) is 0 Å². The number of alkyl halides is 1. The van der Waals surface area contributed by atoms with E-state index in [1.807, 2.05) is 27.7 Å². The summed E-state index contributed by atoms with van der Waals surface area (Å²) in [5.74, 6) is -0.964. The minimum absolute atomic E-state index is 0.204. The van der Waals surface area contributed by atoms with Crippen molar-refractivity contribution in [2.24, 2.45) is 0 Å². The van der Waals surface area contributed by atoms with Gasteiger partial charge in [0.05, 0.1) is 5.88 Å². The van der Waals surface area contributed by atoms with Gasteiger partial charge in [-0.05, 0) is 27.7 Å². The van der Waals surface area contributed by atoms with Crippen molar-refractivity contribution >= 4 is 11.6 Å². The molecule has 6 heteroatoms. The molecule has 5 atom stereocenters. The highest BCUT2D eigenvalue weighted by molar-refractivity contribution is 6.18. The van der Waals surface area contributed by atoms with Crippen molar-refractivity contribution < 1.29 is 23.7 Å². The van der Waals surface area contributed by atoms with Gasteiger partial charge in [-0.1, -0.05) is 0 Å². The second kappa shape index (κ2) is 4.04. The molecule has 3 heterocycles. The number of halogens is 1. The molecular formula is C12H19ClO5. The van der Waals surface area contributed by atoms with E-state index in [2.05, 4.69) is 0 Å². The summed E-state index contributed by atoms with van der Waals surface area (Å²) >= 11 is 5.94. The molecule has 3 aliphatic heterocycles. The van der Waals surface area contributed by atoms with Crippen LogP contribution in [0.25, 0.3) is 0 Å². The number of hydrogen-bond donors (Lipinski definition) is 0. The summed E-state index contributed by atoms with van der Waals surface area (Å²) in [5, 5.41) is 0. The zero-order chi connectivity index (χ0) is 13.1. The molecule has 3 saturated heterocycles. The molecule has 0 saturated carbocycles. The standard InChI is InChI=1S/C12H19ClO5/c1-11(2)15-6(5-13)7-8(16-11)9-10(14-7)18-12(3,4)17-9/h6-10H,5H2,1-4H3/t6-,7-,8+,9-,10-/m1/s1. The molecule has 3 aliphatic rings. The molecule has 0 aliphatic carbocycles. The minimum atomic E-state index is -0.685. The summed E-state index contributed by atoms with van der Waals surface area (Å²) in [4.78, 5) is 0. The zero-order valence-corrected chi connectivity index (χ0v) is 11.8. The van der Waals surface area contributed by atoms with Crippen molar-refractivity contribution in [3.05, 3.63) is 0 Å². The first-order valence-corrected chi connectivity index (χ1v) is 6.77. The topological polar surface area (TPSA) is 46.2 Å². The Morgan fingerprint density at radius 3 is 2.11 bits per heavy atom. The fourth-order valence-corrected chi connectivity index (χ4v) is 3.08. The van der Waals surface area contributed by atoms with Crippen molar-refractivity contribution in [1.29, 1.82) is 0 Å². The van der Waals surface area contributed by atoms with E-state index in [-0.39, 0.29) is 24.4 Å². The summed E-state index contributed by atoms with van der Waals surface area (Å²) in [7, 11) is 0. The van der Waals surface area contributed by atoms with Crippen LogP contribution in [-0.4, -0.2) is 48.2 Å². The first kappa shape index (κ1) is 13.1. The average molecular weight is 279 g/mol. The van der Waals surface area contributed by atoms with Crippen LogP contribution in [0.1, 0.15) is 27.7 Å². The van der Waals surface area contributed by atoms with Gasteiger partial charge in [0.25, 0.3) is 0 Å². The molecule has 5 nitrogen and oxygen atoms in total. The van der Waals surface area contributed by atoms with Gasteiger partial charge in [-0.2, -0.15) is 0 Å². The highest BCUT2D eigenvalue weighted by Crippen LogP contribution is 2.44. The predicted octanol–water partition coefficient (Wildman–Crippen LogP) is 1.62. The van der Waals surface area contributed by atoms with Crippen molar-refractivity contribution in [3.63, 3.8) is 0 Å². The third-order valence-corrected chi connectivity index (χ3v) is 3.70. The molecule has 104 valence electrons. The van der Waals surface area contributed by atoms with Crippen LogP contribution in [0.15, 0.2) is 0 Å². The first-order valence-electron chi connectivity index (χ1n) is 6.24. The second-order valence-electron chi connectivity index (χ2n) is 5.86. The highest BCUT2D eigenvalue weighted by Gasteiger charge is 2.60. The minimum Gasteiger partial charge on any atom is -0.343 e. The molecule has 3 rings (SSSR count). The summed E-state index contributed by atoms with van der Waals surface area (Å²) in [5.41, 5.74) is 0. The lowest BCUT2D eigenvalue weighted by molar-refractivity contribution is -0.339. The Kier molecular flexibility index (Phi) is 2.94. The quantitative estimate of drug-likeness (QED) is 0.682. The Morgan fingerprint density at radius 1 is 0.833 bits per heavy atom. The molecule has 18 heavy (non-hydrogen) atoms. The van der Waals surface area contributed by atoms with E-state index in [0.29, 0.717) is 5.88 Å². The van der Waals surface area contributed by atoms with E-state index >= 15 is 0 Å². The van der Waals surface area contributed by atoms with Gasteiger partial charge in [0.15, 0.2) is 17.9 Å². The Balaban J connectivity index is 1.83. The normalized spacial score (nSPS) is 48.8. The van der Waals surface area contributed by atoms with Crippen LogP contribution in [0.2, 0.25) is 0 Å². The van der Waals surface area contributed by atoms with Crippen LogP contribution < -0.4 is 0 Å². The van der Waals surface area contributed by atoms with Crippen molar-refractivity contribution in [1.82, 2.24) is 0 Å². The number of ether oxygens (including phenoxy) is 5. The van der Waals surface area contributed by atoms with Crippen molar-refractivity contribution in [3.8, 4) is 0 Å². The summed E-state index contributed by atoms with van der Waals surface area (Å²) in [6.07, 6.45) is -1.27. The maximum Gasteiger partial charge on any atom is 0.190 e. The van der Waals surface area contributed by atoms with Crippen LogP contribution >= 0.6 is 11.6 Å². The monoisotopic (exact) mass is 278 g/mol. The molecule has 0 bridgehead atoms.